The molecule has 0 heterocycles. The lowest BCUT2D eigenvalue weighted by atomic mass is 9.62. The molecule has 198 valence electrons. The summed E-state index contributed by atoms with van der Waals surface area (Å²) in [6.07, 6.45) is 5.33. The monoisotopic (exact) mass is 510 g/mol. The van der Waals surface area contributed by atoms with Crippen molar-refractivity contribution >= 4 is 17.8 Å². The summed E-state index contributed by atoms with van der Waals surface area (Å²) in [4.78, 5) is 24.6. The summed E-state index contributed by atoms with van der Waals surface area (Å²) in [5.74, 6) is -0.335. The van der Waals surface area contributed by atoms with Gasteiger partial charge in [-0.1, -0.05) is 75.7 Å². The van der Waals surface area contributed by atoms with Gasteiger partial charge in [-0.05, 0) is 91.5 Å². The van der Waals surface area contributed by atoms with Crippen molar-refractivity contribution in [1.29, 1.82) is 0 Å². The van der Waals surface area contributed by atoms with Crippen molar-refractivity contribution in [2.45, 2.75) is 77.7 Å². The number of hydrogen-bond donors (Lipinski definition) is 1. The Hall–Kier alpha value is -3.66. The first kappa shape index (κ1) is 27.4. The van der Waals surface area contributed by atoms with Gasteiger partial charge in [0, 0.05) is 11.1 Å². The second kappa shape index (κ2) is 9.90. The van der Waals surface area contributed by atoms with Gasteiger partial charge in [-0.25, -0.2) is 4.79 Å². The maximum atomic E-state index is 13.4. The lowest BCUT2D eigenvalue weighted by molar-refractivity contribution is 0.0696. The third kappa shape index (κ3) is 5.60. The molecule has 0 fully saturated rings. The highest BCUT2D eigenvalue weighted by Gasteiger charge is 2.41. The predicted molar refractivity (Wildman–Crippen MR) is 153 cm³/mol. The highest BCUT2D eigenvalue weighted by Crippen LogP contribution is 2.51. The third-order valence-corrected chi connectivity index (χ3v) is 7.86. The van der Waals surface area contributed by atoms with Crippen LogP contribution in [0.25, 0.3) is 6.08 Å². The van der Waals surface area contributed by atoms with Gasteiger partial charge in [-0.15, -0.1) is 0 Å². The van der Waals surface area contributed by atoms with Crippen molar-refractivity contribution in [3.63, 3.8) is 0 Å². The number of benzene rings is 3. The van der Waals surface area contributed by atoms with Crippen LogP contribution in [0.2, 0.25) is 0 Å². The molecule has 4 nitrogen and oxygen atoms in total. The molecule has 1 aliphatic rings. The molecule has 0 saturated heterocycles. The first-order valence-corrected chi connectivity index (χ1v) is 13.2. The van der Waals surface area contributed by atoms with E-state index in [1.807, 2.05) is 12.1 Å². The van der Waals surface area contributed by atoms with E-state index >= 15 is 0 Å². The lowest BCUT2D eigenvalue weighted by Gasteiger charge is -2.44. The summed E-state index contributed by atoms with van der Waals surface area (Å²) in [7, 11) is 0. The second-order valence-electron chi connectivity index (χ2n) is 12.3. The quantitative estimate of drug-likeness (QED) is 0.257. The topological polar surface area (TPSA) is 63.6 Å². The Morgan fingerprint density at radius 1 is 0.868 bits per heavy atom. The average molecular weight is 511 g/mol. The number of aryl methyl sites for hydroxylation is 1. The Kier molecular flexibility index (Phi) is 7.13. The van der Waals surface area contributed by atoms with E-state index in [1.54, 1.807) is 24.3 Å². The molecular weight excluding hydrogens is 472 g/mol. The Balaban J connectivity index is 1.77. The van der Waals surface area contributed by atoms with Gasteiger partial charge in [0.05, 0.1) is 5.56 Å². The van der Waals surface area contributed by atoms with Crippen LogP contribution in [0.4, 0.5) is 0 Å². The van der Waals surface area contributed by atoms with Gasteiger partial charge >= 0.3 is 5.97 Å². The first-order chi connectivity index (χ1) is 17.7. The molecule has 0 unspecified atom stereocenters. The fraction of sp³-hybridized carbons (Fsp3) is 0.353. The van der Waals surface area contributed by atoms with Crippen molar-refractivity contribution in [3.05, 3.63) is 106 Å². The van der Waals surface area contributed by atoms with E-state index < -0.39 is 11.6 Å². The summed E-state index contributed by atoms with van der Waals surface area (Å²) in [6.45, 7) is 15.2. The molecule has 0 aromatic heterocycles. The molecule has 4 rings (SSSR count). The van der Waals surface area contributed by atoms with Crippen LogP contribution in [-0.2, 0) is 16.4 Å². The Morgan fingerprint density at radius 2 is 1.47 bits per heavy atom. The van der Waals surface area contributed by atoms with E-state index in [0.717, 1.165) is 35.3 Å². The summed E-state index contributed by atoms with van der Waals surface area (Å²) in [5.41, 5.74) is 5.40. The molecule has 0 bridgehead atoms. The maximum Gasteiger partial charge on any atom is 0.335 e. The molecule has 0 atom stereocenters. The second-order valence-corrected chi connectivity index (χ2v) is 12.3. The summed E-state index contributed by atoms with van der Waals surface area (Å²) >= 11 is 0. The minimum Gasteiger partial charge on any atom is -0.483 e. The smallest absolute Gasteiger partial charge is 0.335 e. The number of allylic oxidation sites excluding steroid dienone is 1. The highest BCUT2D eigenvalue weighted by atomic mass is 16.5. The number of hydrogen-bond acceptors (Lipinski definition) is 3. The summed E-state index contributed by atoms with van der Waals surface area (Å²) in [5, 5.41) is 9.13. The van der Waals surface area contributed by atoms with Gasteiger partial charge in [0.15, 0.2) is 5.78 Å². The van der Waals surface area contributed by atoms with Crippen molar-refractivity contribution < 1.29 is 19.4 Å². The van der Waals surface area contributed by atoms with Crippen LogP contribution < -0.4 is 4.74 Å². The molecule has 0 aliphatic heterocycles. The van der Waals surface area contributed by atoms with E-state index in [9.17, 15) is 9.59 Å². The molecule has 0 saturated carbocycles. The molecule has 3 aromatic carbocycles. The Morgan fingerprint density at radius 3 is 2.08 bits per heavy atom. The van der Waals surface area contributed by atoms with Crippen LogP contribution in [0.15, 0.2) is 66.7 Å². The van der Waals surface area contributed by atoms with Gasteiger partial charge in [0.25, 0.3) is 0 Å². The zero-order valence-corrected chi connectivity index (χ0v) is 23.5. The number of ketones is 1. The van der Waals surface area contributed by atoms with Crippen molar-refractivity contribution in [2.75, 3.05) is 0 Å². The number of rotatable bonds is 7. The van der Waals surface area contributed by atoms with Crippen LogP contribution in [0.1, 0.15) is 103 Å². The predicted octanol–water partition coefficient (Wildman–Crippen LogP) is 8.25. The molecule has 0 radical (unpaired) electrons. The molecular formula is C34H38O4. The van der Waals surface area contributed by atoms with Gasteiger partial charge in [-0.3, -0.25) is 4.79 Å². The standard InChI is InChI=1S/C34H38O4/c1-22-8-15-26(16-9-22)34(6,7)38-29-21-25(20-27-30(29)33(4,5)19-18-32(27,2)3)28(35)17-12-23-10-13-24(14-11-23)31(36)37/h8-17,20-21H,18-19H2,1-7H3,(H,36,37). The van der Waals surface area contributed by atoms with E-state index in [1.165, 1.54) is 23.3 Å². The Bertz CT molecular complexity index is 1390. The maximum absolute atomic E-state index is 13.4. The zero-order valence-electron chi connectivity index (χ0n) is 23.5. The number of carbonyl (C=O) groups excluding carboxylic acids is 1. The van der Waals surface area contributed by atoms with Crippen LogP contribution in [0.3, 0.4) is 0 Å². The van der Waals surface area contributed by atoms with Gasteiger partial charge in [0.1, 0.15) is 11.4 Å². The minimum absolute atomic E-state index is 0.0904. The molecule has 38 heavy (non-hydrogen) atoms. The van der Waals surface area contributed by atoms with Crippen molar-refractivity contribution in [3.8, 4) is 5.75 Å². The van der Waals surface area contributed by atoms with E-state index in [2.05, 4.69) is 72.7 Å². The molecule has 4 heteroatoms. The van der Waals surface area contributed by atoms with E-state index in [0.29, 0.717) is 5.56 Å². The van der Waals surface area contributed by atoms with Gasteiger partial charge < -0.3 is 9.84 Å². The minimum atomic E-state index is -0.975. The molecule has 1 aliphatic carbocycles. The van der Waals surface area contributed by atoms with Crippen molar-refractivity contribution in [2.24, 2.45) is 0 Å². The number of aromatic carboxylic acids is 1. The first-order valence-electron chi connectivity index (χ1n) is 13.2. The van der Waals surface area contributed by atoms with Gasteiger partial charge in [-0.2, -0.15) is 0 Å². The third-order valence-electron chi connectivity index (χ3n) is 7.86. The molecule has 1 N–H and O–H groups in total. The van der Waals surface area contributed by atoms with E-state index in [4.69, 9.17) is 9.84 Å². The molecule has 0 amide bonds. The normalized spacial score (nSPS) is 16.2. The molecule has 0 spiro atoms. The lowest BCUT2D eigenvalue weighted by Crippen LogP contribution is -2.36. The fourth-order valence-electron chi connectivity index (χ4n) is 5.25. The zero-order chi connectivity index (χ0) is 27.9. The number of carboxylic acid groups (broad SMARTS) is 1. The largest absolute Gasteiger partial charge is 0.483 e. The van der Waals surface area contributed by atoms with E-state index in [-0.39, 0.29) is 22.2 Å². The van der Waals surface area contributed by atoms with Crippen LogP contribution in [0.5, 0.6) is 5.75 Å². The Labute approximate surface area is 226 Å². The average Bonchev–Trinajstić information content (AvgIpc) is 2.85. The number of carboxylic acids is 1. The number of ether oxygens (including phenoxy) is 1. The number of fused-ring (bicyclic) bond motifs is 1. The fourth-order valence-corrected chi connectivity index (χ4v) is 5.25. The van der Waals surface area contributed by atoms with Crippen LogP contribution in [-0.4, -0.2) is 16.9 Å². The summed E-state index contributed by atoms with van der Waals surface area (Å²) in [6, 6.07) is 18.8. The van der Waals surface area contributed by atoms with Gasteiger partial charge in [0.2, 0.25) is 0 Å². The summed E-state index contributed by atoms with van der Waals surface area (Å²) < 4.78 is 6.81. The number of carbonyl (C=O) groups is 2. The molecule has 3 aromatic rings. The SMILES string of the molecule is Cc1ccc(C(C)(C)Oc2cc(C(=O)C=Cc3ccc(C(=O)O)cc3)cc3c2C(C)(C)CCC3(C)C)cc1. The van der Waals surface area contributed by atoms with Crippen LogP contribution >= 0.6 is 0 Å². The van der Waals surface area contributed by atoms with Crippen LogP contribution in [0, 0.1) is 6.92 Å². The van der Waals surface area contributed by atoms with Crippen molar-refractivity contribution in [1.82, 2.24) is 0 Å². The highest BCUT2D eigenvalue weighted by molar-refractivity contribution is 6.07.